The van der Waals surface area contributed by atoms with Crippen LogP contribution in [0.3, 0.4) is 0 Å². The zero-order chi connectivity index (χ0) is 26.6. The second kappa shape index (κ2) is 11.4. The molecule has 0 aliphatic heterocycles. The number of nitrogens with zero attached hydrogens (tertiary/aromatic N) is 1. The van der Waals surface area contributed by atoms with E-state index < -0.39 is 5.97 Å². The van der Waals surface area contributed by atoms with E-state index in [0.717, 1.165) is 89.4 Å². The molecular formula is C31H40N2O4. The van der Waals surface area contributed by atoms with Crippen LogP contribution in [0.4, 0.5) is 0 Å². The summed E-state index contributed by atoms with van der Waals surface area (Å²) in [5.41, 5.74) is 7.40. The molecule has 0 saturated heterocycles. The molecule has 2 N–H and O–H groups in total. The molecule has 6 heteroatoms. The molecule has 37 heavy (non-hydrogen) atoms. The van der Waals surface area contributed by atoms with E-state index in [9.17, 15) is 9.90 Å². The van der Waals surface area contributed by atoms with Crippen LogP contribution in [0.25, 0.3) is 21.9 Å². The van der Waals surface area contributed by atoms with Crippen molar-refractivity contribution in [2.24, 2.45) is 5.41 Å². The van der Waals surface area contributed by atoms with Crippen LogP contribution in [0.1, 0.15) is 82.0 Å². The predicted octanol–water partition coefficient (Wildman–Crippen LogP) is 7.44. The topological polar surface area (TPSA) is 88.4 Å². The number of aromatic nitrogens is 2. The molecule has 2 aromatic carbocycles. The maximum Gasteiger partial charge on any atom is 0.307 e. The van der Waals surface area contributed by atoms with Crippen molar-refractivity contribution in [3.05, 3.63) is 58.4 Å². The number of carboxylic acid groups (broad SMARTS) is 1. The van der Waals surface area contributed by atoms with E-state index in [1.165, 1.54) is 11.3 Å². The Labute approximate surface area is 219 Å². The quantitative estimate of drug-likeness (QED) is 0.209. The highest BCUT2D eigenvalue weighted by atomic mass is 16.5. The Morgan fingerprint density at radius 1 is 1.03 bits per heavy atom. The Balaban J connectivity index is 1.57. The molecule has 198 valence electrons. The smallest absolute Gasteiger partial charge is 0.307 e. The number of H-pyrrole nitrogens is 1. The van der Waals surface area contributed by atoms with E-state index in [4.69, 9.17) is 9.26 Å². The molecule has 2 aromatic heterocycles. The molecule has 4 rings (SSSR count). The zero-order valence-corrected chi connectivity index (χ0v) is 22.9. The fraction of sp³-hybridized carbons (Fsp3) is 0.484. The highest BCUT2D eigenvalue weighted by Crippen LogP contribution is 2.34. The first-order chi connectivity index (χ1) is 17.7. The van der Waals surface area contributed by atoms with Gasteiger partial charge in [-0.05, 0) is 66.5 Å². The summed E-state index contributed by atoms with van der Waals surface area (Å²) < 4.78 is 12.2. The Bertz CT molecular complexity index is 1370. The van der Waals surface area contributed by atoms with Gasteiger partial charge in [0.25, 0.3) is 0 Å². The molecule has 6 nitrogen and oxygen atoms in total. The molecule has 0 aliphatic carbocycles. The van der Waals surface area contributed by atoms with E-state index in [1.54, 1.807) is 0 Å². The second-order valence-corrected chi connectivity index (χ2v) is 11.3. The summed E-state index contributed by atoms with van der Waals surface area (Å²) in [6.45, 7) is 11.5. The minimum Gasteiger partial charge on any atom is -0.493 e. The van der Waals surface area contributed by atoms with Crippen molar-refractivity contribution >= 4 is 27.8 Å². The van der Waals surface area contributed by atoms with Gasteiger partial charge in [-0.3, -0.25) is 4.79 Å². The van der Waals surface area contributed by atoms with E-state index in [-0.39, 0.29) is 11.8 Å². The number of carbonyl (C=O) groups is 1. The van der Waals surface area contributed by atoms with Gasteiger partial charge in [0, 0.05) is 34.0 Å². The molecule has 2 heterocycles. The van der Waals surface area contributed by atoms with Crippen molar-refractivity contribution < 1.29 is 19.2 Å². The van der Waals surface area contributed by atoms with Gasteiger partial charge in [0.15, 0.2) is 5.58 Å². The van der Waals surface area contributed by atoms with Gasteiger partial charge >= 0.3 is 5.97 Å². The molecule has 0 amide bonds. The van der Waals surface area contributed by atoms with E-state index in [2.05, 4.69) is 56.9 Å². The summed E-state index contributed by atoms with van der Waals surface area (Å²) in [7, 11) is 0. The van der Waals surface area contributed by atoms with Crippen molar-refractivity contribution in [2.45, 2.75) is 86.0 Å². The van der Waals surface area contributed by atoms with Gasteiger partial charge < -0.3 is 19.4 Å². The predicted molar refractivity (Wildman–Crippen MR) is 149 cm³/mol. The van der Waals surface area contributed by atoms with Crippen LogP contribution in [0, 0.1) is 5.41 Å². The Hall–Kier alpha value is -3.28. The summed E-state index contributed by atoms with van der Waals surface area (Å²) in [5, 5.41) is 15.8. The third kappa shape index (κ3) is 6.35. The molecule has 0 radical (unpaired) electrons. The SMILES string of the molecule is CCCCc1c(CCOc2ccc3c(CC(C)(C)C)noc3c2CCC)[nH]c2ccc(CC(=O)O)cc12. The monoisotopic (exact) mass is 504 g/mol. The highest BCUT2D eigenvalue weighted by Gasteiger charge is 2.21. The molecule has 0 saturated carbocycles. The molecule has 0 aliphatic rings. The van der Waals surface area contributed by atoms with Crippen molar-refractivity contribution in [1.29, 1.82) is 0 Å². The molecule has 0 bridgehead atoms. The van der Waals surface area contributed by atoms with Crippen LogP contribution in [0.2, 0.25) is 0 Å². The van der Waals surface area contributed by atoms with Gasteiger partial charge in [-0.1, -0.05) is 58.7 Å². The molecule has 4 aromatic rings. The van der Waals surface area contributed by atoms with E-state index in [0.29, 0.717) is 6.61 Å². The van der Waals surface area contributed by atoms with Gasteiger partial charge in [-0.2, -0.15) is 0 Å². The van der Waals surface area contributed by atoms with Crippen molar-refractivity contribution in [3.8, 4) is 5.75 Å². The van der Waals surface area contributed by atoms with E-state index in [1.807, 2.05) is 18.2 Å². The standard InChI is InChI=1S/C31H40N2O4/c1-6-8-10-21-24-17-20(18-29(34)35)11-13-25(24)32-26(21)15-16-36-28-14-12-22-27(19-31(3,4)5)33-37-30(22)23(28)9-7-2/h11-14,17,32H,6-10,15-16,18-19H2,1-5H3,(H,34,35). The average molecular weight is 505 g/mol. The number of unbranched alkanes of at least 4 members (excludes halogenated alkanes) is 1. The van der Waals surface area contributed by atoms with Crippen LogP contribution in [0.5, 0.6) is 5.75 Å². The number of benzene rings is 2. The largest absolute Gasteiger partial charge is 0.493 e. The highest BCUT2D eigenvalue weighted by molar-refractivity contribution is 5.87. The van der Waals surface area contributed by atoms with Gasteiger partial charge in [-0.15, -0.1) is 0 Å². The molecule has 0 fully saturated rings. The summed E-state index contributed by atoms with van der Waals surface area (Å²) in [5.74, 6) is 0.0542. The number of aromatic amines is 1. The summed E-state index contributed by atoms with van der Waals surface area (Å²) in [6.07, 6.45) is 6.66. The van der Waals surface area contributed by atoms with Crippen LogP contribution >= 0.6 is 0 Å². The average Bonchev–Trinajstić information content (AvgIpc) is 3.38. The summed E-state index contributed by atoms with van der Waals surface area (Å²) in [4.78, 5) is 14.8. The third-order valence-corrected chi connectivity index (χ3v) is 6.78. The number of ether oxygens (including phenoxy) is 1. The number of hydrogen-bond donors (Lipinski definition) is 2. The second-order valence-electron chi connectivity index (χ2n) is 11.3. The minimum atomic E-state index is -0.809. The lowest BCUT2D eigenvalue weighted by Crippen LogP contribution is -2.09. The third-order valence-electron chi connectivity index (χ3n) is 6.78. The Morgan fingerprint density at radius 3 is 2.54 bits per heavy atom. The number of aryl methyl sites for hydroxylation is 2. The number of fused-ring (bicyclic) bond motifs is 2. The van der Waals surface area contributed by atoms with Crippen LogP contribution < -0.4 is 4.74 Å². The number of aliphatic carboxylic acids is 1. The normalized spacial score (nSPS) is 12.0. The number of rotatable bonds is 12. The lowest BCUT2D eigenvalue weighted by Gasteiger charge is -2.16. The molecule has 0 atom stereocenters. The maximum atomic E-state index is 11.2. The van der Waals surface area contributed by atoms with Crippen LogP contribution in [0.15, 0.2) is 34.9 Å². The summed E-state index contributed by atoms with van der Waals surface area (Å²) in [6, 6.07) is 10.1. The molecule has 0 unspecified atom stereocenters. The first-order valence-corrected chi connectivity index (χ1v) is 13.6. The Kier molecular flexibility index (Phi) is 8.25. The zero-order valence-electron chi connectivity index (χ0n) is 22.9. The fourth-order valence-electron chi connectivity index (χ4n) is 5.09. The van der Waals surface area contributed by atoms with Gasteiger partial charge in [-0.25, -0.2) is 0 Å². The number of nitrogens with one attached hydrogen (secondary N) is 1. The summed E-state index contributed by atoms with van der Waals surface area (Å²) >= 11 is 0. The lowest BCUT2D eigenvalue weighted by molar-refractivity contribution is -0.136. The minimum absolute atomic E-state index is 0.0363. The van der Waals surface area contributed by atoms with Crippen molar-refractivity contribution in [2.75, 3.05) is 6.61 Å². The van der Waals surface area contributed by atoms with Crippen LogP contribution in [-0.2, 0) is 36.9 Å². The first kappa shape index (κ1) is 26.8. The Morgan fingerprint density at radius 2 is 1.84 bits per heavy atom. The lowest BCUT2D eigenvalue weighted by atomic mass is 9.89. The van der Waals surface area contributed by atoms with Gasteiger partial charge in [0.1, 0.15) is 5.75 Å². The van der Waals surface area contributed by atoms with Gasteiger partial charge in [0.2, 0.25) is 0 Å². The number of hydrogen-bond acceptors (Lipinski definition) is 4. The molecule has 0 spiro atoms. The molecular weight excluding hydrogens is 464 g/mol. The van der Waals surface area contributed by atoms with Crippen molar-refractivity contribution in [3.63, 3.8) is 0 Å². The first-order valence-electron chi connectivity index (χ1n) is 13.6. The fourth-order valence-corrected chi connectivity index (χ4v) is 5.09. The van der Waals surface area contributed by atoms with Crippen LogP contribution in [-0.4, -0.2) is 27.8 Å². The van der Waals surface area contributed by atoms with Crippen molar-refractivity contribution in [1.82, 2.24) is 10.1 Å². The number of carboxylic acids is 1. The van der Waals surface area contributed by atoms with E-state index >= 15 is 0 Å². The maximum absolute atomic E-state index is 11.2. The van der Waals surface area contributed by atoms with Gasteiger partial charge in [0.05, 0.1) is 18.7 Å².